The third-order valence-electron chi connectivity index (χ3n) is 4.97. The fraction of sp³-hybridized carbons (Fsp3) is 0.350. The molecule has 1 aliphatic rings. The normalized spacial score (nSPS) is 13.8. The molecule has 2 aromatic heterocycles. The van der Waals surface area contributed by atoms with E-state index in [1.807, 2.05) is 31.2 Å². The first kappa shape index (κ1) is 20.9. The third kappa shape index (κ3) is 4.89. The summed E-state index contributed by atoms with van der Waals surface area (Å²) < 4.78 is 6.82. The number of tetrazole rings is 1. The molecule has 31 heavy (non-hydrogen) atoms. The van der Waals surface area contributed by atoms with Crippen LogP contribution in [0.4, 0.5) is 11.4 Å². The van der Waals surface area contributed by atoms with E-state index in [2.05, 4.69) is 25.7 Å². The highest BCUT2D eigenvalue weighted by atomic mass is 32.1. The quantitative estimate of drug-likeness (QED) is 0.594. The van der Waals surface area contributed by atoms with Gasteiger partial charge in [0.2, 0.25) is 5.91 Å². The lowest BCUT2D eigenvalue weighted by Crippen LogP contribution is -2.38. The second-order valence-electron chi connectivity index (χ2n) is 6.90. The number of likely N-dealkylation sites (N-methyl/N-ethyl adjacent to an activating group) is 1. The molecule has 4 rings (SSSR count). The first-order chi connectivity index (χ1) is 15.2. The number of rotatable bonds is 7. The van der Waals surface area contributed by atoms with E-state index in [-0.39, 0.29) is 18.4 Å². The number of thiophene rings is 1. The molecule has 0 bridgehead atoms. The van der Waals surface area contributed by atoms with Gasteiger partial charge in [-0.1, -0.05) is 0 Å². The molecule has 10 nitrogen and oxygen atoms in total. The number of hydrogen-bond acceptors (Lipinski definition) is 8. The number of carbonyl (C=O) groups is 2. The minimum Gasteiger partial charge on any atom is -0.378 e. The van der Waals surface area contributed by atoms with Gasteiger partial charge in [-0.2, -0.15) is 4.68 Å². The topological polar surface area (TPSA) is 105 Å². The fourth-order valence-corrected chi connectivity index (χ4v) is 4.18. The Bertz CT molecular complexity index is 1010. The van der Waals surface area contributed by atoms with Crippen molar-refractivity contribution in [2.75, 3.05) is 49.6 Å². The molecule has 1 saturated heterocycles. The van der Waals surface area contributed by atoms with E-state index >= 15 is 0 Å². The molecule has 1 aromatic carbocycles. The van der Waals surface area contributed by atoms with Crippen LogP contribution in [0, 0.1) is 0 Å². The van der Waals surface area contributed by atoms with Crippen molar-refractivity contribution in [1.29, 1.82) is 0 Å². The number of benzene rings is 1. The van der Waals surface area contributed by atoms with Gasteiger partial charge in [0.25, 0.3) is 5.91 Å². The molecule has 2 amide bonds. The van der Waals surface area contributed by atoms with Crippen molar-refractivity contribution in [3.63, 3.8) is 0 Å². The summed E-state index contributed by atoms with van der Waals surface area (Å²) in [4.78, 5) is 29.8. The Morgan fingerprint density at radius 3 is 2.65 bits per heavy atom. The summed E-state index contributed by atoms with van der Waals surface area (Å²) in [5, 5.41) is 15.7. The van der Waals surface area contributed by atoms with Gasteiger partial charge in [0, 0.05) is 31.0 Å². The lowest BCUT2D eigenvalue weighted by atomic mass is 10.2. The number of anilines is 2. The number of amides is 2. The lowest BCUT2D eigenvalue weighted by molar-refractivity contribution is -0.116. The lowest BCUT2D eigenvalue weighted by Gasteiger charge is -2.29. The first-order valence-electron chi connectivity index (χ1n) is 9.98. The van der Waals surface area contributed by atoms with Crippen molar-refractivity contribution in [2.45, 2.75) is 6.92 Å². The van der Waals surface area contributed by atoms with E-state index in [4.69, 9.17) is 4.74 Å². The maximum Gasteiger partial charge on any atom is 0.266 e. The molecule has 1 aliphatic heterocycles. The molecule has 0 radical (unpaired) electrons. The van der Waals surface area contributed by atoms with Crippen molar-refractivity contribution in [2.24, 2.45) is 0 Å². The molecule has 3 aromatic rings. The van der Waals surface area contributed by atoms with Gasteiger partial charge >= 0.3 is 0 Å². The predicted octanol–water partition coefficient (Wildman–Crippen LogP) is 1.66. The summed E-state index contributed by atoms with van der Waals surface area (Å²) in [6.07, 6.45) is 1.43. The van der Waals surface area contributed by atoms with Gasteiger partial charge in [0.1, 0.15) is 17.7 Å². The second kappa shape index (κ2) is 9.67. The van der Waals surface area contributed by atoms with Crippen molar-refractivity contribution in [3.05, 3.63) is 46.9 Å². The van der Waals surface area contributed by atoms with E-state index < -0.39 is 0 Å². The number of ether oxygens (including phenoxy) is 1. The van der Waals surface area contributed by atoms with Crippen LogP contribution in [0.3, 0.4) is 0 Å². The van der Waals surface area contributed by atoms with E-state index in [9.17, 15) is 9.59 Å². The monoisotopic (exact) mass is 441 g/mol. The average molecular weight is 442 g/mol. The van der Waals surface area contributed by atoms with Gasteiger partial charge in [-0.25, -0.2) is 0 Å². The molecule has 0 spiro atoms. The molecule has 0 aliphatic carbocycles. The number of morpholine rings is 1. The van der Waals surface area contributed by atoms with Crippen LogP contribution >= 0.6 is 11.3 Å². The molecular weight excluding hydrogens is 418 g/mol. The summed E-state index contributed by atoms with van der Waals surface area (Å²) in [6, 6.07) is 9.48. The van der Waals surface area contributed by atoms with Gasteiger partial charge in [-0.15, -0.1) is 16.4 Å². The second-order valence-corrected chi connectivity index (χ2v) is 7.82. The number of hydrogen-bond donors (Lipinski definition) is 1. The third-order valence-corrected chi connectivity index (χ3v) is 5.86. The zero-order valence-corrected chi connectivity index (χ0v) is 17.9. The van der Waals surface area contributed by atoms with Crippen LogP contribution in [-0.4, -0.2) is 76.3 Å². The minimum atomic E-state index is -0.255. The van der Waals surface area contributed by atoms with Crippen molar-refractivity contribution in [1.82, 2.24) is 25.1 Å². The van der Waals surface area contributed by atoms with Gasteiger partial charge in [0.15, 0.2) is 0 Å². The highest BCUT2D eigenvalue weighted by Crippen LogP contribution is 2.22. The van der Waals surface area contributed by atoms with Gasteiger partial charge in [0.05, 0.1) is 18.9 Å². The SMILES string of the molecule is CCN(CC(=O)Nc1ccc(N2CCOCC2)cc1)C(=O)c1sccc1-n1cnnn1. The van der Waals surface area contributed by atoms with Crippen LogP contribution in [0.25, 0.3) is 5.69 Å². The summed E-state index contributed by atoms with van der Waals surface area (Å²) in [6.45, 7) is 5.34. The zero-order valence-electron chi connectivity index (χ0n) is 17.1. The van der Waals surface area contributed by atoms with Crippen molar-refractivity contribution in [3.8, 4) is 5.69 Å². The number of nitrogens with zero attached hydrogens (tertiary/aromatic N) is 6. The highest BCUT2D eigenvalue weighted by Gasteiger charge is 2.23. The molecular formula is C20H23N7O3S. The summed E-state index contributed by atoms with van der Waals surface area (Å²) >= 11 is 1.29. The summed E-state index contributed by atoms with van der Waals surface area (Å²) in [5.74, 6) is -0.490. The largest absolute Gasteiger partial charge is 0.378 e. The first-order valence-corrected chi connectivity index (χ1v) is 10.9. The van der Waals surface area contributed by atoms with Gasteiger partial charge in [-0.05, 0) is 53.1 Å². The molecule has 0 unspecified atom stereocenters. The van der Waals surface area contributed by atoms with Crippen LogP contribution in [0.2, 0.25) is 0 Å². The van der Waals surface area contributed by atoms with E-state index in [0.717, 1.165) is 32.0 Å². The van der Waals surface area contributed by atoms with E-state index in [1.165, 1.54) is 27.2 Å². The standard InChI is InChI=1S/C20H23N7O3S/c1-2-25(20(29)19-17(7-12-31-19)27-14-21-23-24-27)13-18(28)22-15-3-5-16(6-4-15)26-8-10-30-11-9-26/h3-7,12,14H,2,8-11,13H2,1H3,(H,22,28). The Morgan fingerprint density at radius 2 is 1.97 bits per heavy atom. The zero-order chi connectivity index (χ0) is 21.6. The number of aromatic nitrogens is 4. The van der Waals surface area contributed by atoms with Gasteiger partial charge < -0.3 is 19.9 Å². The summed E-state index contributed by atoms with van der Waals surface area (Å²) in [7, 11) is 0. The van der Waals surface area contributed by atoms with Crippen LogP contribution in [-0.2, 0) is 9.53 Å². The summed E-state index contributed by atoms with van der Waals surface area (Å²) in [5.41, 5.74) is 2.38. The Hall–Kier alpha value is -3.31. The Labute approximate surface area is 183 Å². The average Bonchev–Trinajstić information content (AvgIpc) is 3.50. The van der Waals surface area contributed by atoms with E-state index in [0.29, 0.717) is 22.8 Å². The number of nitrogens with one attached hydrogen (secondary N) is 1. The molecule has 11 heteroatoms. The molecule has 162 valence electrons. The number of carbonyl (C=O) groups excluding carboxylic acids is 2. The Balaban J connectivity index is 1.38. The Morgan fingerprint density at radius 1 is 1.19 bits per heavy atom. The minimum absolute atomic E-state index is 0.0481. The van der Waals surface area contributed by atoms with Crippen LogP contribution in [0.1, 0.15) is 16.6 Å². The molecule has 1 fully saturated rings. The van der Waals surface area contributed by atoms with Crippen LogP contribution in [0.15, 0.2) is 42.0 Å². The van der Waals surface area contributed by atoms with Gasteiger partial charge in [-0.3, -0.25) is 9.59 Å². The molecule has 0 saturated carbocycles. The van der Waals surface area contributed by atoms with E-state index in [1.54, 1.807) is 11.4 Å². The fourth-order valence-electron chi connectivity index (χ4n) is 3.34. The molecule has 3 heterocycles. The maximum atomic E-state index is 13.0. The smallest absolute Gasteiger partial charge is 0.266 e. The van der Waals surface area contributed by atoms with Crippen LogP contribution in [0.5, 0.6) is 0 Å². The maximum absolute atomic E-state index is 13.0. The Kier molecular flexibility index (Phi) is 6.53. The van der Waals surface area contributed by atoms with Crippen LogP contribution < -0.4 is 10.2 Å². The molecule has 0 atom stereocenters. The van der Waals surface area contributed by atoms with Crippen molar-refractivity contribution >= 4 is 34.5 Å². The van der Waals surface area contributed by atoms with Crippen molar-refractivity contribution < 1.29 is 14.3 Å². The molecule has 1 N–H and O–H groups in total. The highest BCUT2D eigenvalue weighted by molar-refractivity contribution is 7.12. The predicted molar refractivity (Wildman–Crippen MR) is 117 cm³/mol.